The highest BCUT2D eigenvalue weighted by atomic mass is 35.5. The number of hydrogen-bond donors (Lipinski definition) is 1. The summed E-state index contributed by atoms with van der Waals surface area (Å²) in [6.07, 6.45) is 3.31. The molecule has 0 saturated heterocycles. The fraction of sp³-hybridized carbons (Fsp3) is 0.500. The van der Waals surface area contributed by atoms with Crippen LogP contribution in [0, 0.1) is 0 Å². The lowest BCUT2D eigenvalue weighted by atomic mass is 10.2. The summed E-state index contributed by atoms with van der Waals surface area (Å²) in [7, 11) is 2.12. The number of nitrogens with one attached hydrogen (secondary N) is 1. The van der Waals surface area contributed by atoms with Crippen molar-refractivity contribution in [3.05, 3.63) is 58.4 Å². The van der Waals surface area contributed by atoms with Crippen LogP contribution in [-0.4, -0.2) is 51.3 Å². The Balaban J connectivity index is 1.59. The van der Waals surface area contributed by atoms with E-state index in [0.29, 0.717) is 34.2 Å². The zero-order valence-electron chi connectivity index (χ0n) is 18.8. The number of halogens is 1. The Hall–Kier alpha value is -1.76. The monoisotopic (exact) mass is 461 g/mol. The Morgan fingerprint density at radius 2 is 1.90 bits per heavy atom. The summed E-state index contributed by atoms with van der Waals surface area (Å²) in [6, 6.07) is 10.8. The van der Waals surface area contributed by atoms with E-state index in [0.717, 1.165) is 24.9 Å². The third-order valence-electron chi connectivity index (χ3n) is 5.33. The Morgan fingerprint density at radius 3 is 2.48 bits per heavy atom. The van der Waals surface area contributed by atoms with E-state index in [1.54, 1.807) is 24.3 Å². The first kappa shape index (κ1) is 23.9. The van der Waals surface area contributed by atoms with Crippen molar-refractivity contribution < 1.29 is 9.59 Å². The molecule has 0 bridgehead atoms. The fourth-order valence-electron chi connectivity index (χ4n) is 3.83. The number of aldehydes is 1. The minimum absolute atomic E-state index is 0.187. The van der Waals surface area contributed by atoms with E-state index in [9.17, 15) is 9.59 Å². The van der Waals surface area contributed by atoms with Crippen LogP contribution in [0.4, 0.5) is 0 Å². The minimum Gasteiger partial charge on any atom is -0.347 e. The van der Waals surface area contributed by atoms with Crippen LogP contribution in [0.2, 0.25) is 5.02 Å². The summed E-state index contributed by atoms with van der Waals surface area (Å²) in [5.41, 5.74) is 2.00. The van der Waals surface area contributed by atoms with Crippen molar-refractivity contribution in [3.63, 3.8) is 0 Å². The van der Waals surface area contributed by atoms with E-state index in [1.807, 2.05) is 16.7 Å². The number of carbonyl (C=O) groups excluding carboxylic acids is 2. The molecule has 0 unspecified atom stereocenters. The maximum Gasteiger partial charge on any atom is 0.268 e. The number of thioether (sulfide) groups is 1. The molecule has 7 heteroatoms. The number of aromatic nitrogens is 1. The second-order valence-electron chi connectivity index (χ2n) is 9.36. The van der Waals surface area contributed by atoms with Crippen molar-refractivity contribution in [1.29, 1.82) is 0 Å². The van der Waals surface area contributed by atoms with E-state index in [1.165, 1.54) is 12.8 Å². The molecule has 1 aliphatic rings. The van der Waals surface area contributed by atoms with Crippen LogP contribution in [-0.2, 0) is 13.1 Å². The van der Waals surface area contributed by atoms with Gasteiger partial charge in [0.2, 0.25) is 0 Å². The number of amides is 1. The quantitative estimate of drug-likeness (QED) is 0.512. The second kappa shape index (κ2) is 9.80. The van der Waals surface area contributed by atoms with Crippen LogP contribution in [0.25, 0.3) is 0 Å². The maximum atomic E-state index is 12.8. The summed E-state index contributed by atoms with van der Waals surface area (Å²) >= 11 is 7.98. The van der Waals surface area contributed by atoms with Crippen molar-refractivity contribution in [3.8, 4) is 0 Å². The molecule has 168 valence electrons. The lowest BCUT2D eigenvalue weighted by Gasteiger charge is -2.29. The largest absolute Gasteiger partial charge is 0.347 e. The Kier molecular flexibility index (Phi) is 7.55. The molecule has 1 aromatic heterocycles. The molecule has 3 rings (SSSR count). The van der Waals surface area contributed by atoms with Crippen LogP contribution in [0.3, 0.4) is 0 Å². The highest BCUT2D eigenvalue weighted by Crippen LogP contribution is 2.53. The average Bonchev–Trinajstić information content (AvgIpc) is 3.29. The van der Waals surface area contributed by atoms with Gasteiger partial charge in [-0.1, -0.05) is 44.5 Å². The first-order valence-electron chi connectivity index (χ1n) is 10.7. The third kappa shape index (κ3) is 6.86. The Bertz CT molecular complexity index is 914. The van der Waals surface area contributed by atoms with Crippen LogP contribution in [0.5, 0.6) is 0 Å². The zero-order valence-corrected chi connectivity index (χ0v) is 20.4. The normalized spacial score (nSPS) is 15.2. The highest BCUT2D eigenvalue weighted by Gasteiger charge is 2.46. The zero-order chi connectivity index (χ0) is 22.6. The van der Waals surface area contributed by atoms with E-state index < -0.39 is 0 Å². The molecule has 0 spiro atoms. The molecule has 2 aromatic rings. The molecule has 1 N–H and O–H groups in total. The van der Waals surface area contributed by atoms with Gasteiger partial charge in [-0.15, -0.1) is 11.8 Å². The number of nitrogens with zero attached hydrogens (tertiary/aromatic N) is 2. The molecule has 0 atom stereocenters. The van der Waals surface area contributed by atoms with Gasteiger partial charge in [0.25, 0.3) is 5.91 Å². The second-order valence-corrected chi connectivity index (χ2v) is 12.1. The number of benzene rings is 1. The highest BCUT2D eigenvalue weighted by molar-refractivity contribution is 8.02. The summed E-state index contributed by atoms with van der Waals surface area (Å²) in [4.78, 5) is 26.6. The summed E-state index contributed by atoms with van der Waals surface area (Å²) in [5, 5.41) is 3.60. The first-order valence-corrected chi connectivity index (χ1v) is 11.9. The number of hydrogen-bond acceptors (Lipinski definition) is 4. The van der Waals surface area contributed by atoms with Crippen molar-refractivity contribution in [2.24, 2.45) is 0 Å². The van der Waals surface area contributed by atoms with Crippen molar-refractivity contribution in [1.82, 2.24) is 14.8 Å². The molecular weight excluding hydrogens is 430 g/mol. The minimum atomic E-state index is -0.187. The molecule has 1 heterocycles. The lowest BCUT2D eigenvalue weighted by molar-refractivity contribution is 0.0940. The van der Waals surface area contributed by atoms with E-state index in [-0.39, 0.29) is 10.7 Å². The van der Waals surface area contributed by atoms with E-state index >= 15 is 0 Å². The molecular formula is C24H32ClN3O2S. The molecule has 1 aromatic carbocycles. The van der Waals surface area contributed by atoms with Crippen LogP contribution in [0.1, 0.15) is 60.2 Å². The first-order chi connectivity index (χ1) is 14.6. The van der Waals surface area contributed by atoms with Gasteiger partial charge < -0.3 is 14.8 Å². The average molecular weight is 462 g/mol. The molecule has 31 heavy (non-hydrogen) atoms. The number of rotatable bonds is 10. The predicted molar refractivity (Wildman–Crippen MR) is 129 cm³/mol. The van der Waals surface area contributed by atoms with Crippen LogP contribution in [0.15, 0.2) is 36.4 Å². The van der Waals surface area contributed by atoms with Gasteiger partial charge in [0, 0.05) is 40.7 Å². The van der Waals surface area contributed by atoms with Crippen LogP contribution >= 0.6 is 23.4 Å². The van der Waals surface area contributed by atoms with Gasteiger partial charge in [0.15, 0.2) is 6.29 Å². The molecule has 1 aliphatic carbocycles. The van der Waals surface area contributed by atoms with Crippen molar-refractivity contribution in [2.75, 3.05) is 20.1 Å². The van der Waals surface area contributed by atoms with Gasteiger partial charge in [-0.05, 0) is 49.7 Å². The fourth-order valence-corrected chi connectivity index (χ4v) is 5.85. The van der Waals surface area contributed by atoms with Gasteiger partial charge in [-0.25, -0.2) is 0 Å². The molecule has 0 radical (unpaired) electrons. The van der Waals surface area contributed by atoms with Gasteiger partial charge >= 0.3 is 0 Å². The Morgan fingerprint density at radius 1 is 1.23 bits per heavy atom. The van der Waals surface area contributed by atoms with Gasteiger partial charge in [0.05, 0.1) is 5.69 Å². The molecule has 1 saturated carbocycles. The molecule has 1 amide bonds. The number of carbonyl (C=O) groups is 2. The van der Waals surface area contributed by atoms with Gasteiger partial charge in [-0.2, -0.15) is 0 Å². The predicted octanol–water partition coefficient (Wildman–Crippen LogP) is 4.88. The van der Waals surface area contributed by atoms with Crippen molar-refractivity contribution >= 4 is 35.6 Å². The van der Waals surface area contributed by atoms with E-state index in [2.05, 4.69) is 49.8 Å². The van der Waals surface area contributed by atoms with E-state index in [4.69, 9.17) is 11.6 Å². The third-order valence-corrected chi connectivity index (χ3v) is 7.16. The summed E-state index contributed by atoms with van der Waals surface area (Å²) < 4.78 is 2.41. The van der Waals surface area contributed by atoms with Gasteiger partial charge in [0.1, 0.15) is 5.69 Å². The smallest absolute Gasteiger partial charge is 0.268 e. The molecule has 0 aliphatic heterocycles. The summed E-state index contributed by atoms with van der Waals surface area (Å²) in [6.45, 7) is 9.60. The lowest BCUT2D eigenvalue weighted by Crippen LogP contribution is -2.34. The standard InChI is InChI=1S/C24H32ClN3O2S/c1-23(2,3)31-24(11-12-24)17-27(4)13-14-28-20(16-29)9-10-21(28)22(30)26-15-18-5-7-19(25)8-6-18/h5-10,16H,11-15,17H2,1-4H3,(H,26,30). The number of likely N-dealkylation sites (N-methyl/N-ethyl adjacent to an activating group) is 1. The Labute approximate surface area is 194 Å². The van der Waals surface area contributed by atoms with Crippen molar-refractivity contribution in [2.45, 2.75) is 56.2 Å². The molecule has 5 nitrogen and oxygen atoms in total. The SMILES string of the molecule is CN(CCn1c(C=O)ccc1C(=O)NCc1ccc(Cl)cc1)CC1(SC(C)(C)C)CC1. The summed E-state index contributed by atoms with van der Waals surface area (Å²) in [5.74, 6) is -0.187. The van der Waals surface area contributed by atoms with Gasteiger partial charge in [-0.3, -0.25) is 9.59 Å². The maximum absolute atomic E-state index is 12.8. The molecule has 1 fully saturated rings. The van der Waals surface area contributed by atoms with Crippen LogP contribution < -0.4 is 5.32 Å². The topological polar surface area (TPSA) is 54.3 Å².